The maximum atomic E-state index is 12.8. The van der Waals surface area contributed by atoms with Crippen molar-refractivity contribution >= 4 is 5.91 Å². The minimum Gasteiger partial charge on any atom is -0.381 e. The largest absolute Gasteiger partial charge is 0.381 e. The van der Waals surface area contributed by atoms with Gasteiger partial charge in [0.15, 0.2) is 0 Å². The number of nitrogens with zero attached hydrogens (tertiary/aromatic N) is 1. The Labute approximate surface area is 117 Å². The van der Waals surface area contributed by atoms with E-state index in [2.05, 4.69) is 32.6 Å². The van der Waals surface area contributed by atoms with E-state index in [4.69, 9.17) is 4.74 Å². The topological polar surface area (TPSA) is 29.5 Å². The van der Waals surface area contributed by atoms with Gasteiger partial charge >= 0.3 is 0 Å². The molecule has 2 heterocycles. The van der Waals surface area contributed by atoms with Gasteiger partial charge in [-0.1, -0.05) is 27.2 Å². The number of likely N-dealkylation sites (tertiary alicyclic amines) is 1. The maximum Gasteiger partial charge on any atom is 0.226 e. The quantitative estimate of drug-likeness (QED) is 0.786. The second kappa shape index (κ2) is 5.82. The van der Waals surface area contributed by atoms with Gasteiger partial charge in [0.05, 0.1) is 0 Å². The number of ether oxygens (including phenoxy) is 1. The van der Waals surface area contributed by atoms with Gasteiger partial charge in [0.1, 0.15) is 0 Å². The monoisotopic (exact) mass is 267 g/mol. The zero-order valence-corrected chi connectivity index (χ0v) is 12.9. The number of hydrogen-bond donors (Lipinski definition) is 0. The molecule has 0 aliphatic carbocycles. The van der Waals surface area contributed by atoms with Gasteiger partial charge in [0.2, 0.25) is 5.91 Å². The van der Waals surface area contributed by atoms with E-state index in [1.54, 1.807) is 0 Å². The highest BCUT2D eigenvalue weighted by atomic mass is 16.5. The highest BCUT2D eigenvalue weighted by Crippen LogP contribution is 2.40. The van der Waals surface area contributed by atoms with Gasteiger partial charge in [-0.25, -0.2) is 0 Å². The Morgan fingerprint density at radius 2 is 2.05 bits per heavy atom. The van der Waals surface area contributed by atoms with Gasteiger partial charge in [-0.15, -0.1) is 0 Å². The predicted octanol–water partition coefficient (Wildman–Crippen LogP) is 3.09. The number of amides is 1. The van der Waals surface area contributed by atoms with Crippen LogP contribution in [0.5, 0.6) is 0 Å². The molecule has 2 fully saturated rings. The van der Waals surface area contributed by atoms with Crippen LogP contribution in [0.1, 0.15) is 53.4 Å². The van der Waals surface area contributed by atoms with E-state index in [1.165, 1.54) is 12.8 Å². The molecule has 0 radical (unpaired) electrons. The van der Waals surface area contributed by atoms with Crippen molar-refractivity contribution < 1.29 is 9.53 Å². The first-order valence-electron chi connectivity index (χ1n) is 7.86. The van der Waals surface area contributed by atoms with Gasteiger partial charge in [-0.2, -0.15) is 0 Å². The third-order valence-corrected chi connectivity index (χ3v) is 5.57. The highest BCUT2D eigenvalue weighted by Gasteiger charge is 2.41. The summed E-state index contributed by atoms with van der Waals surface area (Å²) in [6.45, 7) is 11.4. The second-order valence-electron chi connectivity index (χ2n) is 6.84. The smallest absolute Gasteiger partial charge is 0.226 e. The zero-order valence-electron chi connectivity index (χ0n) is 12.9. The zero-order chi connectivity index (χ0) is 14.0. The summed E-state index contributed by atoms with van der Waals surface area (Å²) < 4.78 is 5.45. The van der Waals surface area contributed by atoms with Crippen LogP contribution in [0.2, 0.25) is 0 Å². The predicted molar refractivity (Wildman–Crippen MR) is 76.9 cm³/mol. The molecule has 2 rings (SSSR count). The van der Waals surface area contributed by atoms with Crippen LogP contribution in [-0.4, -0.2) is 36.6 Å². The first-order chi connectivity index (χ1) is 8.98. The molecule has 2 saturated heterocycles. The lowest BCUT2D eigenvalue weighted by Gasteiger charge is -2.40. The highest BCUT2D eigenvalue weighted by molar-refractivity contribution is 5.80. The van der Waals surface area contributed by atoms with E-state index in [-0.39, 0.29) is 11.3 Å². The van der Waals surface area contributed by atoms with E-state index in [9.17, 15) is 4.79 Å². The van der Waals surface area contributed by atoms with Crippen LogP contribution in [0.3, 0.4) is 0 Å². The summed E-state index contributed by atoms with van der Waals surface area (Å²) in [6.07, 6.45) is 4.39. The maximum absolute atomic E-state index is 12.8. The van der Waals surface area contributed by atoms with Crippen molar-refractivity contribution in [1.82, 2.24) is 4.90 Å². The molecule has 2 aliphatic heterocycles. The fraction of sp³-hybridized carbons (Fsp3) is 0.938. The molecule has 3 nitrogen and oxygen atoms in total. The van der Waals surface area contributed by atoms with E-state index in [1.807, 2.05) is 0 Å². The molecule has 0 aromatic carbocycles. The molecule has 0 aromatic heterocycles. The average Bonchev–Trinajstić information content (AvgIpc) is 2.79. The van der Waals surface area contributed by atoms with E-state index < -0.39 is 0 Å². The van der Waals surface area contributed by atoms with Crippen molar-refractivity contribution in [2.75, 3.05) is 19.8 Å². The Hall–Kier alpha value is -0.570. The first-order valence-corrected chi connectivity index (χ1v) is 7.86. The summed E-state index contributed by atoms with van der Waals surface area (Å²) in [5.41, 5.74) is 0.124. The molecule has 3 heteroatoms. The lowest BCUT2D eigenvalue weighted by molar-refractivity contribution is -0.142. The van der Waals surface area contributed by atoms with E-state index in [0.29, 0.717) is 17.9 Å². The van der Waals surface area contributed by atoms with E-state index >= 15 is 0 Å². The summed E-state index contributed by atoms with van der Waals surface area (Å²) >= 11 is 0. The normalized spacial score (nSPS) is 32.3. The van der Waals surface area contributed by atoms with Crippen LogP contribution >= 0.6 is 0 Å². The lowest BCUT2D eigenvalue weighted by Crippen LogP contribution is -2.45. The van der Waals surface area contributed by atoms with Crippen molar-refractivity contribution in [1.29, 1.82) is 0 Å². The Bertz CT molecular complexity index is 323. The van der Waals surface area contributed by atoms with Crippen molar-refractivity contribution in [3.63, 3.8) is 0 Å². The molecule has 1 amide bonds. The van der Waals surface area contributed by atoms with Crippen LogP contribution < -0.4 is 0 Å². The molecule has 110 valence electrons. The summed E-state index contributed by atoms with van der Waals surface area (Å²) in [5.74, 6) is 1.19. The second-order valence-corrected chi connectivity index (χ2v) is 6.84. The minimum atomic E-state index is 0.120. The number of rotatable bonds is 3. The van der Waals surface area contributed by atoms with Crippen molar-refractivity contribution in [2.24, 2.45) is 17.3 Å². The number of hydrogen-bond acceptors (Lipinski definition) is 2. The first kappa shape index (κ1) is 14.8. The Morgan fingerprint density at radius 1 is 1.42 bits per heavy atom. The molecule has 0 N–H and O–H groups in total. The van der Waals surface area contributed by atoms with Gasteiger partial charge in [-0.05, 0) is 37.5 Å². The van der Waals surface area contributed by atoms with Crippen LogP contribution in [-0.2, 0) is 9.53 Å². The number of carbonyl (C=O) groups is 1. The number of carbonyl (C=O) groups excluding carboxylic acids is 1. The standard InChI is InChI=1S/C16H29NO2/c1-5-14-10-12(2)17(11-14)15(18)13(3)16(4)6-8-19-9-7-16/h12-14H,5-11H2,1-4H3/t12-,13?,14?/m1/s1. The molecular formula is C16H29NO2. The summed E-state index contributed by atoms with van der Waals surface area (Å²) in [7, 11) is 0. The molecule has 0 saturated carbocycles. The molecule has 0 bridgehead atoms. The molecule has 0 aromatic rings. The third-order valence-electron chi connectivity index (χ3n) is 5.57. The van der Waals surface area contributed by atoms with E-state index in [0.717, 1.165) is 32.6 Å². The summed E-state index contributed by atoms with van der Waals surface area (Å²) in [4.78, 5) is 14.9. The van der Waals surface area contributed by atoms with Crippen LogP contribution in [0, 0.1) is 17.3 Å². The molecule has 2 unspecified atom stereocenters. The Kier molecular flexibility index (Phi) is 4.54. The molecule has 0 spiro atoms. The van der Waals surface area contributed by atoms with Crippen LogP contribution in [0.25, 0.3) is 0 Å². The van der Waals surface area contributed by atoms with Gasteiger partial charge in [0.25, 0.3) is 0 Å². The summed E-state index contributed by atoms with van der Waals surface area (Å²) in [6, 6.07) is 0.420. The van der Waals surface area contributed by atoms with Gasteiger partial charge in [0, 0.05) is 31.7 Å². The molecular weight excluding hydrogens is 238 g/mol. The Balaban J connectivity index is 2.02. The molecule has 3 atom stereocenters. The third kappa shape index (κ3) is 2.96. The minimum absolute atomic E-state index is 0.120. The summed E-state index contributed by atoms with van der Waals surface area (Å²) in [5, 5.41) is 0. The Morgan fingerprint density at radius 3 is 2.58 bits per heavy atom. The SMILES string of the molecule is CCC1C[C@@H](C)N(C(=O)C(C)C2(C)CCOCC2)C1. The average molecular weight is 267 g/mol. The van der Waals surface area contributed by atoms with Crippen molar-refractivity contribution in [3.05, 3.63) is 0 Å². The van der Waals surface area contributed by atoms with Gasteiger partial charge < -0.3 is 9.64 Å². The van der Waals surface area contributed by atoms with Crippen LogP contribution in [0.4, 0.5) is 0 Å². The van der Waals surface area contributed by atoms with Gasteiger partial charge in [-0.3, -0.25) is 4.79 Å². The molecule has 2 aliphatic rings. The van der Waals surface area contributed by atoms with Crippen molar-refractivity contribution in [2.45, 2.75) is 59.4 Å². The lowest BCUT2D eigenvalue weighted by atomic mass is 9.71. The van der Waals surface area contributed by atoms with Crippen LogP contribution in [0.15, 0.2) is 0 Å². The fourth-order valence-electron chi connectivity index (χ4n) is 3.56. The fourth-order valence-corrected chi connectivity index (χ4v) is 3.56. The molecule has 19 heavy (non-hydrogen) atoms. The van der Waals surface area contributed by atoms with Crippen molar-refractivity contribution in [3.8, 4) is 0 Å².